The van der Waals surface area contributed by atoms with Crippen LogP contribution in [0.25, 0.3) is 11.2 Å². The van der Waals surface area contributed by atoms with Gasteiger partial charge in [0.05, 0.1) is 11.7 Å². The molecule has 3 rings (SSSR count). The SMILES string of the molecule is CSc1n2ccccc2c(NC(C)(C)C)[n+]1-c1c(C)cccc1C. The summed E-state index contributed by atoms with van der Waals surface area (Å²) in [5.41, 5.74) is 4.99. The molecule has 126 valence electrons. The number of aryl methyl sites for hydroxylation is 2. The predicted molar refractivity (Wildman–Crippen MR) is 104 cm³/mol. The van der Waals surface area contributed by atoms with E-state index in [1.807, 2.05) is 0 Å². The number of nitrogens with zero attached hydrogens (tertiary/aromatic N) is 2. The van der Waals surface area contributed by atoms with Gasteiger partial charge in [0, 0.05) is 0 Å². The van der Waals surface area contributed by atoms with Crippen LogP contribution in [0.5, 0.6) is 0 Å². The van der Waals surface area contributed by atoms with Crippen LogP contribution in [-0.2, 0) is 0 Å². The van der Waals surface area contributed by atoms with Crippen molar-refractivity contribution in [3.05, 3.63) is 53.7 Å². The van der Waals surface area contributed by atoms with Crippen LogP contribution < -0.4 is 9.88 Å². The molecule has 0 aliphatic carbocycles. The highest BCUT2D eigenvalue weighted by molar-refractivity contribution is 7.98. The minimum absolute atomic E-state index is 0.0221. The van der Waals surface area contributed by atoms with E-state index in [0.717, 1.165) is 5.82 Å². The van der Waals surface area contributed by atoms with E-state index < -0.39 is 0 Å². The summed E-state index contributed by atoms with van der Waals surface area (Å²) < 4.78 is 4.64. The first-order valence-electron chi connectivity index (χ1n) is 8.27. The highest BCUT2D eigenvalue weighted by atomic mass is 32.2. The molecule has 24 heavy (non-hydrogen) atoms. The average molecular weight is 341 g/mol. The third kappa shape index (κ3) is 2.91. The standard InChI is InChI=1S/C20H26N3S/c1-14-10-9-11-15(2)17(14)23-18(21-20(3,4)5)16-12-7-8-13-22(16)19(23)24-6/h7-13,21H,1-6H3/q+1. The summed E-state index contributed by atoms with van der Waals surface area (Å²) in [4.78, 5) is 0. The molecule has 2 heterocycles. The lowest BCUT2D eigenvalue weighted by molar-refractivity contribution is -0.622. The van der Waals surface area contributed by atoms with Gasteiger partial charge < -0.3 is 0 Å². The second-order valence-electron chi connectivity index (χ2n) is 7.24. The van der Waals surface area contributed by atoms with Gasteiger partial charge in [-0.25, -0.2) is 4.40 Å². The van der Waals surface area contributed by atoms with Gasteiger partial charge in [-0.15, -0.1) is 0 Å². The van der Waals surface area contributed by atoms with Gasteiger partial charge in [0.25, 0.3) is 11.0 Å². The number of hydrogen-bond donors (Lipinski definition) is 1. The first-order valence-corrected chi connectivity index (χ1v) is 9.50. The topological polar surface area (TPSA) is 20.3 Å². The van der Waals surface area contributed by atoms with Crippen LogP contribution in [0.4, 0.5) is 5.82 Å². The van der Waals surface area contributed by atoms with Crippen LogP contribution in [0.3, 0.4) is 0 Å². The van der Waals surface area contributed by atoms with E-state index in [1.54, 1.807) is 11.8 Å². The summed E-state index contributed by atoms with van der Waals surface area (Å²) in [6, 6.07) is 12.9. The van der Waals surface area contributed by atoms with Crippen LogP contribution in [0.2, 0.25) is 0 Å². The van der Waals surface area contributed by atoms with E-state index in [0.29, 0.717) is 0 Å². The molecule has 0 aliphatic heterocycles. The summed E-state index contributed by atoms with van der Waals surface area (Å²) in [6.07, 6.45) is 4.28. The smallest absolute Gasteiger partial charge is 0.274 e. The van der Waals surface area contributed by atoms with Crippen molar-refractivity contribution in [1.82, 2.24) is 4.40 Å². The molecular formula is C20H26N3S+. The third-order valence-electron chi connectivity index (χ3n) is 4.06. The normalized spacial score (nSPS) is 11.9. The lowest BCUT2D eigenvalue weighted by Crippen LogP contribution is -2.40. The first kappa shape index (κ1) is 16.9. The lowest BCUT2D eigenvalue weighted by atomic mass is 10.1. The molecule has 3 aromatic rings. The van der Waals surface area contributed by atoms with E-state index in [2.05, 4.69) is 97.8 Å². The summed E-state index contributed by atoms with van der Waals surface area (Å²) in [6.45, 7) is 11.0. The van der Waals surface area contributed by atoms with E-state index in [-0.39, 0.29) is 5.54 Å². The number of para-hydroxylation sites is 1. The largest absolute Gasteiger partial charge is 0.298 e. The number of imidazole rings is 1. The van der Waals surface area contributed by atoms with Crippen molar-refractivity contribution < 1.29 is 4.57 Å². The minimum Gasteiger partial charge on any atom is -0.298 e. The highest BCUT2D eigenvalue weighted by Crippen LogP contribution is 2.28. The van der Waals surface area contributed by atoms with Crippen molar-refractivity contribution in [2.75, 3.05) is 11.6 Å². The molecule has 3 nitrogen and oxygen atoms in total. The Balaban J connectivity index is 2.43. The quantitative estimate of drug-likeness (QED) is 0.548. The maximum absolute atomic E-state index is 3.73. The number of hydrogen-bond acceptors (Lipinski definition) is 2. The lowest BCUT2D eigenvalue weighted by Gasteiger charge is -2.19. The molecular weight excluding hydrogens is 314 g/mol. The Morgan fingerprint density at radius 3 is 2.25 bits per heavy atom. The Kier molecular flexibility index (Phi) is 4.35. The zero-order chi connectivity index (χ0) is 17.5. The van der Waals surface area contributed by atoms with Crippen molar-refractivity contribution >= 4 is 23.1 Å². The van der Waals surface area contributed by atoms with Gasteiger partial charge >= 0.3 is 0 Å². The zero-order valence-corrected chi connectivity index (χ0v) is 16.2. The minimum atomic E-state index is -0.0221. The second-order valence-corrected chi connectivity index (χ2v) is 8.02. The van der Waals surface area contributed by atoms with Crippen LogP contribution in [0.15, 0.2) is 47.8 Å². The third-order valence-corrected chi connectivity index (χ3v) is 4.81. The average Bonchev–Trinajstić information content (AvgIpc) is 2.79. The molecule has 0 aliphatic rings. The molecule has 1 aromatic carbocycles. The van der Waals surface area contributed by atoms with Gasteiger partial charge in [0.15, 0.2) is 5.52 Å². The molecule has 1 N–H and O–H groups in total. The van der Waals surface area contributed by atoms with Crippen molar-refractivity contribution in [2.24, 2.45) is 0 Å². The predicted octanol–water partition coefficient (Wildman–Crippen LogP) is 4.77. The van der Waals surface area contributed by atoms with Crippen molar-refractivity contribution in [3.8, 4) is 5.69 Å². The van der Waals surface area contributed by atoms with Crippen LogP contribution in [0, 0.1) is 13.8 Å². The van der Waals surface area contributed by atoms with Gasteiger partial charge in [-0.3, -0.25) is 5.32 Å². The Morgan fingerprint density at radius 1 is 1.00 bits per heavy atom. The van der Waals surface area contributed by atoms with Crippen LogP contribution >= 0.6 is 11.8 Å². The van der Waals surface area contributed by atoms with Gasteiger partial charge in [-0.05, 0) is 64.1 Å². The number of anilines is 1. The molecule has 0 saturated heterocycles. The zero-order valence-electron chi connectivity index (χ0n) is 15.3. The Morgan fingerprint density at radius 2 is 1.67 bits per heavy atom. The molecule has 0 atom stereocenters. The molecule has 0 saturated carbocycles. The molecule has 0 bridgehead atoms. The van der Waals surface area contributed by atoms with Crippen LogP contribution in [-0.4, -0.2) is 16.2 Å². The van der Waals surface area contributed by atoms with Crippen molar-refractivity contribution in [2.45, 2.75) is 45.3 Å². The number of thioether (sulfide) groups is 1. The maximum atomic E-state index is 3.73. The summed E-state index contributed by atoms with van der Waals surface area (Å²) in [5.74, 6) is 1.14. The molecule has 0 unspecified atom stereocenters. The number of aromatic nitrogens is 2. The van der Waals surface area contributed by atoms with Gasteiger partial charge in [-0.1, -0.05) is 36.0 Å². The van der Waals surface area contributed by atoms with Gasteiger partial charge in [0.2, 0.25) is 0 Å². The number of rotatable bonds is 3. The number of nitrogens with one attached hydrogen (secondary N) is 1. The highest BCUT2D eigenvalue weighted by Gasteiger charge is 2.29. The Labute approximate surface area is 148 Å². The molecule has 0 radical (unpaired) electrons. The molecule has 0 amide bonds. The van der Waals surface area contributed by atoms with Crippen LogP contribution in [0.1, 0.15) is 31.9 Å². The molecule has 4 heteroatoms. The van der Waals surface area contributed by atoms with Gasteiger partial charge in [0.1, 0.15) is 5.69 Å². The Bertz CT molecular complexity index is 868. The molecule has 0 fully saturated rings. The maximum Gasteiger partial charge on any atom is 0.274 e. The van der Waals surface area contributed by atoms with Gasteiger partial charge in [-0.2, -0.15) is 4.57 Å². The van der Waals surface area contributed by atoms with Crippen molar-refractivity contribution in [1.29, 1.82) is 0 Å². The Hall–Kier alpha value is -1.94. The van der Waals surface area contributed by atoms with E-state index in [1.165, 1.54) is 27.5 Å². The molecule has 2 aromatic heterocycles. The van der Waals surface area contributed by atoms with E-state index in [9.17, 15) is 0 Å². The molecule has 0 spiro atoms. The summed E-state index contributed by atoms with van der Waals surface area (Å²) in [5, 5.41) is 4.93. The van der Waals surface area contributed by atoms with E-state index in [4.69, 9.17) is 0 Å². The van der Waals surface area contributed by atoms with E-state index >= 15 is 0 Å². The summed E-state index contributed by atoms with van der Waals surface area (Å²) >= 11 is 1.77. The fourth-order valence-corrected chi connectivity index (χ4v) is 3.87. The fraction of sp³-hybridized carbons (Fsp3) is 0.350. The monoisotopic (exact) mass is 340 g/mol. The number of fused-ring (bicyclic) bond motifs is 1. The fourth-order valence-electron chi connectivity index (χ4n) is 3.15. The first-order chi connectivity index (χ1) is 11.3. The number of benzene rings is 1. The number of pyridine rings is 1. The second kappa shape index (κ2) is 6.17. The van der Waals surface area contributed by atoms with Crippen molar-refractivity contribution in [3.63, 3.8) is 0 Å². The summed E-state index contributed by atoms with van der Waals surface area (Å²) in [7, 11) is 0.